The maximum Gasteiger partial charge on any atom is 0.321 e. The van der Waals surface area contributed by atoms with Crippen molar-refractivity contribution in [2.24, 2.45) is 0 Å². The fourth-order valence-corrected chi connectivity index (χ4v) is 5.87. The number of carbonyl (C=O) groups excluding carboxylic acids is 1. The average Bonchev–Trinajstić information content (AvgIpc) is 2.84. The van der Waals surface area contributed by atoms with E-state index in [4.69, 9.17) is 0 Å². The summed E-state index contributed by atoms with van der Waals surface area (Å²) in [6.07, 6.45) is 9.35. The highest BCUT2D eigenvalue weighted by Crippen LogP contribution is 2.42. The zero-order valence-electron chi connectivity index (χ0n) is 19.3. The molecule has 2 amide bonds. The smallest absolute Gasteiger partial charge is 0.321 e. The molecule has 3 atom stereocenters. The van der Waals surface area contributed by atoms with E-state index >= 15 is 0 Å². The number of fused-ring (bicyclic) bond motifs is 1. The molecule has 2 heterocycles. The van der Waals surface area contributed by atoms with Crippen molar-refractivity contribution in [3.05, 3.63) is 71.8 Å². The number of allylic oxidation sites excluding steroid dienone is 2. The second-order valence-electron chi connectivity index (χ2n) is 9.63. The van der Waals surface area contributed by atoms with E-state index in [9.17, 15) is 9.90 Å². The van der Waals surface area contributed by atoms with Gasteiger partial charge in [0.1, 0.15) is 0 Å². The van der Waals surface area contributed by atoms with Crippen molar-refractivity contribution in [2.45, 2.75) is 56.5 Å². The Morgan fingerprint density at radius 3 is 2.48 bits per heavy atom. The van der Waals surface area contributed by atoms with Crippen LogP contribution in [0, 0.1) is 0 Å². The lowest BCUT2D eigenvalue weighted by atomic mass is 9.74. The summed E-state index contributed by atoms with van der Waals surface area (Å²) in [5.74, 6) is 0.245. The molecule has 2 saturated heterocycles. The molecule has 0 spiro atoms. The summed E-state index contributed by atoms with van der Waals surface area (Å²) in [6, 6.07) is 19.0. The molecule has 5 heteroatoms. The highest BCUT2D eigenvalue weighted by Gasteiger charge is 2.49. The summed E-state index contributed by atoms with van der Waals surface area (Å²) in [6.45, 7) is 2.61. The van der Waals surface area contributed by atoms with E-state index in [-0.39, 0.29) is 30.6 Å². The number of anilines is 1. The largest absolute Gasteiger partial charge is 0.395 e. The molecule has 0 aromatic heterocycles. The van der Waals surface area contributed by atoms with Gasteiger partial charge in [-0.15, -0.1) is 0 Å². The SMILES string of the molecule is O=C(Nc1ccccc1)N1CCCCN2[C@H](C1)[C@H](c1ccc(C3=CCCCC3)cc1)[C@@H]2CO. The first-order chi connectivity index (χ1) is 16.2. The fourth-order valence-electron chi connectivity index (χ4n) is 5.87. The van der Waals surface area contributed by atoms with Gasteiger partial charge in [-0.05, 0) is 73.9 Å². The Labute approximate surface area is 197 Å². The molecule has 0 unspecified atom stereocenters. The molecule has 1 aliphatic carbocycles. The number of aliphatic hydroxyl groups is 1. The number of para-hydroxylation sites is 1. The molecule has 3 aliphatic rings. The van der Waals surface area contributed by atoms with Gasteiger partial charge in [0.2, 0.25) is 0 Å². The van der Waals surface area contributed by atoms with Gasteiger partial charge in [-0.25, -0.2) is 4.79 Å². The number of hydrogen-bond acceptors (Lipinski definition) is 3. The Morgan fingerprint density at radius 1 is 0.970 bits per heavy atom. The van der Waals surface area contributed by atoms with Crippen LogP contribution in [0.1, 0.15) is 55.6 Å². The third-order valence-electron chi connectivity index (χ3n) is 7.64. The highest BCUT2D eigenvalue weighted by molar-refractivity contribution is 5.89. The summed E-state index contributed by atoms with van der Waals surface area (Å²) in [7, 11) is 0. The topological polar surface area (TPSA) is 55.8 Å². The number of urea groups is 1. The molecule has 33 heavy (non-hydrogen) atoms. The molecule has 5 nitrogen and oxygen atoms in total. The number of nitrogens with zero attached hydrogens (tertiary/aromatic N) is 2. The van der Waals surface area contributed by atoms with Gasteiger partial charge in [0, 0.05) is 36.8 Å². The normalized spacial score (nSPS) is 25.8. The van der Waals surface area contributed by atoms with E-state index < -0.39 is 0 Å². The summed E-state index contributed by atoms with van der Waals surface area (Å²) < 4.78 is 0. The lowest BCUT2D eigenvalue weighted by molar-refractivity contribution is -0.0585. The minimum Gasteiger partial charge on any atom is -0.395 e. The van der Waals surface area contributed by atoms with E-state index in [0.29, 0.717) is 6.54 Å². The van der Waals surface area contributed by atoms with Crippen LogP contribution in [0.3, 0.4) is 0 Å². The maximum absolute atomic E-state index is 13.1. The number of benzene rings is 2. The number of aliphatic hydroxyl groups excluding tert-OH is 1. The van der Waals surface area contributed by atoms with E-state index in [1.165, 1.54) is 42.4 Å². The van der Waals surface area contributed by atoms with E-state index in [2.05, 4.69) is 40.6 Å². The van der Waals surface area contributed by atoms with E-state index in [0.717, 1.165) is 31.6 Å². The number of carbonyl (C=O) groups is 1. The van der Waals surface area contributed by atoms with Crippen LogP contribution >= 0.6 is 0 Å². The zero-order valence-corrected chi connectivity index (χ0v) is 19.3. The molecule has 2 N–H and O–H groups in total. The summed E-state index contributed by atoms with van der Waals surface area (Å²) in [5, 5.41) is 13.3. The number of hydrogen-bond donors (Lipinski definition) is 2. The third-order valence-corrected chi connectivity index (χ3v) is 7.64. The van der Waals surface area contributed by atoms with Gasteiger partial charge >= 0.3 is 6.03 Å². The molecular weight excluding hydrogens is 410 g/mol. The standard InChI is InChI=1S/C28H35N3O2/c32-20-26-27(23-15-13-22(14-16-23)21-9-3-1-4-10-21)25-19-30(17-7-8-18-31(25)26)28(33)29-24-11-5-2-6-12-24/h2,5-6,9,11-16,25-27,32H,1,3-4,7-8,10,17-20H2,(H,29,33)/t25-,26+,27+/m1/s1. The van der Waals surface area contributed by atoms with Gasteiger partial charge in [-0.1, -0.05) is 48.5 Å². The molecular formula is C28H35N3O2. The van der Waals surface area contributed by atoms with Gasteiger partial charge in [-0.3, -0.25) is 4.90 Å². The van der Waals surface area contributed by atoms with Gasteiger partial charge in [-0.2, -0.15) is 0 Å². The molecule has 2 aromatic carbocycles. The van der Waals surface area contributed by atoms with Crippen molar-refractivity contribution in [3.8, 4) is 0 Å². The van der Waals surface area contributed by atoms with Crippen molar-refractivity contribution in [2.75, 3.05) is 31.6 Å². The van der Waals surface area contributed by atoms with Crippen molar-refractivity contribution < 1.29 is 9.90 Å². The van der Waals surface area contributed by atoms with Crippen LogP contribution in [0.4, 0.5) is 10.5 Å². The maximum atomic E-state index is 13.1. The molecule has 0 radical (unpaired) electrons. The minimum atomic E-state index is -0.0335. The Balaban J connectivity index is 1.33. The third kappa shape index (κ3) is 4.71. The first-order valence-electron chi connectivity index (χ1n) is 12.5. The van der Waals surface area contributed by atoms with Gasteiger partial charge in [0.25, 0.3) is 0 Å². The first kappa shape index (κ1) is 22.2. The number of amides is 2. The lowest BCUT2D eigenvalue weighted by Crippen LogP contribution is -2.68. The van der Waals surface area contributed by atoms with Crippen LogP contribution in [0.15, 0.2) is 60.7 Å². The highest BCUT2D eigenvalue weighted by atomic mass is 16.3. The molecule has 2 fully saturated rings. The van der Waals surface area contributed by atoms with Crippen molar-refractivity contribution in [1.82, 2.24) is 9.80 Å². The molecule has 0 bridgehead atoms. The zero-order chi connectivity index (χ0) is 22.6. The molecule has 2 aromatic rings. The van der Waals surface area contributed by atoms with Crippen LogP contribution in [0.5, 0.6) is 0 Å². The summed E-state index contributed by atoms with van der Waals surface area (Å²) in [4.78, 5) is 17.4. The van der Waals surface area contributed by atoms with Crippen molar-refractivity contribution in [3.63, 3.8) is 0 Å². The predicted octanol–water partition coefficient (Wildman–Crippen LogP) is 5.10. The number of nitrogens with one attached hydrogen (secondary N) is 1. The first-order valence-corrected chi connectivity index (χ1v) is 12.5. The second kappa shape index (κ2) is 10.1. The monoisotopic (exact) mass is 445 g/mol. The quantitative estimate of drug-likeness (QED) is 0.688. The van der Waals surface area contributed by atoms with E-state index in [1.807, 2.05) is 35.2 Å². The van der Waals surface area contributed by atoms with Gasteiger partial charge in [0.15, 0.2) is 0 Å². The second-order valence-corrected chi connectivity index (χ2v) is 9.63. The van der Waals surface area contributed by atoms with E-state index in [1.54, 1.807) is 0 Å². The molecule has 0 saturated carbocycles. The number of rotatable bonds is 4. The Kier molecular flexibility index (Phi) is 6.79. The molecule has 174 valence electrons. The minimum absolute atomic E-state index is 0.0335. The van der Waals surface area contributed by atoms with Crippen molar-refractivity contribution >= 4 is 17.3 Å². The summed E-state index contributed by atoms with van der Waals surface area (Å²) in [5.41, 5.74) is 4.90. The average molecular weight is 446 g/mol. The summed E-state index contributed by atoms with van der Waals surface area (Å²) >= 11 is 0. The van der Waals surface area contributed by atoms with Gasteiger partial charge in [0.05, 0.1) is 6.61 Å². The van der Waals surface area contributed by atoms with Crippen molar-refractivity contribution in [1.29, 1.82) is 0 Å². The lowest BCUT2D eigenvalue weighted by Gasteiger charge is -2.57. The van der Waals surface area contributed by atoms with Crippen LogP contribution in [0.2, 0.25) is 0 Å². The Bertz CT molecular complexity index is 972. The van der Waals surface area contributed by atoms with Crippen LogP contribution in [0.25, 0.3) is 5.57 Å². The fraction of sp³-hybridized carbons (Fsp3) is 0.464. The van der Waals surface area contributed by atoms with Crippen LogP contribution in [-0.4, -0.2) is 59.3 Å². The molecule has 5 rings (SSSR count). The Hall–Kier alpha value is -2.63. The Morgan fingerprint density at radius 2 is 1.76 bits per heavy atom. The van der Waals surface area contributed by atoms with Crippen LogP contribution in [-0.2, 0) is 0 Å². The van der Waals surface area contributed by atoms with Gasteiger partial charge < -0.3 is 15.3 Å². The van der Waals surface area contributed by atoms with Crippen LogP contribution < -0.4 is 5.32 Å². The molecule has 2 aliphatic heterocycles. The predicted molar refractivity (Wildman–Crippen MR) is 133 cm³/mol.